The first-order valence-corrected chi connectivity index (χ1v) is 8.29. The third-order valence-corrected chi connectivity index (χ3v) is 4.29. The Morgan fingerprint density at radius 1 is 1.19 bits per heavy atom. The van der Waals surface area contributed by atoms with Crippen molar-refractivity contribution in [2.45, 2.75) is 12.7 Å². The zero-order chi connectivity index (χ0) is 19.8. The van der Waals surface area contributed by atoms with Gasteiger partial charge in [-0.25, -0.2) is 0 Å². The van der Waals surface area contributed by atoms with E-state index in [4.69, 9.17) is 23.2 Å². The van der Waals surface area contributed by atoms with Gasteiger partial charge in [-0.3, -0.25) is 14.2 Å². The highest BCUT2D eigenvalue weighted by molar-refractivity contribution is 6.33. The van der Waals surface area contributed by atoms with Crippen LogP contribution in [0, 0.1) is 0 Å². The zero-order valence-electron chi connectivity index (χ0n) is 13.8. The van der Waals surface area contributed by atoms with Gasteiger partial charge in [0.05, 0.1) is 6.54 Å². The number of benzene rings is 1. The number of nitrogens with zero attached hydrogens (tertiary/aromatic N) is 4. The average Bonchev–Trinajstić information content (AvgIpc) is 3.13. The number of aryl methyl sites for hydroxylation is 1. The van der Waals surface area contributed by atoms with Crippen LogP contribution in [0.1, 0.15) is 21.7 Å². The number of anilines is 1. The molecule has 0 atom stereocenters. The molecule has 2 heterocycles. The van der Waals surface area contributed by atoms with E-state index in [1.165, 1.54) is 10.9 Å². The van der Waals surface area contributed by atoms with Crippen LogP contribution in [0.3, 0.4) is 0 Å². The minimum atomic E-state index is -4.62. The van der Waals surface area contributed by atoms with E-state index < -0.39 is 23.5 Å². The van der Waals surface area contributed by atoms with Crippen molar-refractivity contribution in [1.82, 2.24) is 19.6 Å². The number of nitrogens with one attached hydrogen (secondary N) is 1. The number of halogens is 5. The molecule has 0 unspecified atom stereocenters. The van der Waals surface area contributed by atoms with E-state index in [2.05, 4.69) is 15.5 Å². The van der Waals surface area contributed by atoms with E-state index in [-0.39, 0.29) is 10.8 Å². The van der Waals surface area contributed by atoms with Crippen LogP contribution in [0.5, 0.6) is 0 Å². The van der Waals surface area contributed by atoms with E-state index in [0.717, 1.165) is 12.6 Å². The second-order valence-electron chi connectivity index (χ2n) is 5.60. The summed E-state index contributed by atoms with van der Waals surface area (Å²) in [6.07, 6.45) is -3.14. The Balaban J connectivity index is 1.77. The Morgan fingerprint density at radius 2 is 1.89 bits per heavy atom. The number of hydrogen-bond donors (Lipinski definition) is 1. The molecule has 6 nitrogen and oxygen atoms in total. The van der Waals surface area contributed by atoms with Gasteiger partial charge < -0.3 is 5.32 Å². The van der Waals surface area contributed by atoms with Crippen molar-refractivity contribution in [3.8, 4) is 0 Å². The smallest absolute Gasteiger partial charge is 0.302 e. The molecule has 0 spiro atoms. The molecule has 1 amide bonds. The molecule has 11 heteroatoms. The molecule has 0 radical (unpaired) electrons. The van der Waals surface area contributed by atoms with Gasteiger partial charge in [0, 0.05) is 24.3 Å². The summed E-state index contributed by atoms with van der Waals surface area (Å²) in [5.74, 6) is -0.848. The first-order chi connectivity index (χ1) is 12.6. The molecular weight excluding hydrogens is 406 g/mol. The molecule has 0 saturated heterocycles. The van der Waals surface area contributed by atoms with Crippen molar-refractivity contribution >= 4 is 34.9 Å². The second-order valence-corrected chi connectivity index (χ2v) is 6.42. The van der Waals surface area contributed by atoms with E-state index in [1.807, 2.05) is 12.1 Å². The van der Waals surface area contributed by atoms with Crippen molar-refractivity contribution in [3.63, 3.8) is 0 Å². The highest BCUT2D eigenvalue weighted by atomic mass is 35.5. The lowest BCUT2D eigenvalue weighted by atomic mass is 10.2. The Hall–Kier alpha value is -2.52. The topological polar surface area (TPSA) is 64.7 Å². The van der Waals surface area contributed by atoms with Crippen LogP contribution in [0.2, 0.25) is 10.0 Å². The maximum absolute atomic E-state index is 12.8. The Kier molecular flexibility index (Phi) is 5.16. The van der Waals surface area contributed by atoms with Gasteiger partial charge in [0.25, 0.3) is 5.91 Å². The minimum absolute atomic E-state index is 0.00734. The summed E-state index contributed by atoms with van der Waals surface area (Å²) >= 11 is 12.1. The van der Waals surface area contributed by atoms with Crippen molar-refractivity contribution < 1.29 is 18.0 Å². The molecule has 142 valence electrons. The third kappa shape index (κ3) is 4.25. The molecule has 3 rings (SSSR count). The Bertz CT molecular complexity index is 996. The first-order valence-electron chi connectivity index (χ1n) is 7.54. The maximum atomic E-state index is 12.8. The predicted octanol–water partition coefficient (Wildman–Crippen LogP) is 4.24. The first kappa shape index (κ1) is 19.2. The summed E-state index contributed by atoms with van der Waals surface area (Å²) in [7, 11) is 1.10. The molecule has 0 saturated carbocycles. The normalized spacial score (nSPS) is 11.6. The molecule has 0 bridgehead atoms. The van der Waals surface area contributed by atoms with Gasteiger partial charge in [-0.2, -0.15) is 23.4 Å². The SMILES string of the molecule is Cn1nc(C(=O)Nc2nn(Cc3ccccc3Cl)cc2Cl)cc1C(F)(F)F. The van der Waals surface area contributed by atoms with Gasteiger partial charge in [0.15, 0.2) is 11.5 Å². The van der Waals surface area contributed by atoms with Crippen molar-refractivity contribution in [1.29, 1.82) is 0 Å². The maximum Gasteiger partial charge on any atom is 0.433 e. The summed E-state index contributed by atoms with van der Waals surface area (Å²) in [6.45, 7) is 0.303. The van der Waals surface area contributed by atoms with Crippen LogP contribution in [0.4, 0.5) is 19.0 Å². The van der Waals surface area contributed by atoms with Gasteiger partial charge in [-0.15, -0.1) is 0 Å². The fourth-order valence-corrected chi connectivity index (χ4v) is 2.77. The number of aromatic nitrogens is 4. The minimum Gasteiger partial charge on any atom is -0.302 e. The molecule has 27 heavy (non-hydrogen) atoms. The molecule has 0 aliphatic heterocycles. The number of amides is 1. The van der Waals surface area contributed by atoms with Crippen LogP contribution in [0.25, 0.3) is 0 Å². The summed E-state index contributed by atoms with van der Waals surface area (Å²) < 4.78 is 40.5. The molecule has 3 aromatic rings. The lowest BCUT2D eigenvalue weighted by Crippen LogP contribution is -2.14. The summed E-state index contributed by atoms with van der Waals surface area (Å²) in [5.41, 5.74) is -0.653. The van der Waals surface area contributed by atoms with E-state index in [1.54, 1.807) is 12.1 Å². The number of rotatable bonds is 4. The fraction of sp³-hybridized carbons (Fsp3) is 0.188. The number of carbonyl (C=O) groups is 1. The second kappa shape index (κ2) is 7.24. The zero-order valence-corrected chi connectivity index (χ0v) is 15.3. The molecule has 2 aromatic heterocycles. The van der Waals surface area contributed by atoms with E-state index in [0.29, 0.717) is 22.3 Å². The quantitative estimate of drug-likeness (QED) is 0.690. The molecule has 0 aliphatic rings. The van der Waals surface area contributed by atoms with Gasteiger partial charge in [0.2, 0.25) is 0 Å². The van der Waals surface area contributed by atoms with Crippen LogP contribution >= 0.6 is 23.2 Å². The van der Waals surface area contributed by atoms with E-state index >= 15 is 0 Å². The van der Waals surface area contributed by atoms with Crippen LogP contribution < -0.4 is 5.32 Å². The largest absolute Gasteiger partial charge is 0.433 e. The van der Waals surface area contributed by atoms with Crippen LogP contribution in [-0.4, -0.2) is 25.5 Å². The molecule has 1 aromatic carbocycles. The summed E-state index contributed by atoms with van der Waals surface area (Å²) in [6, 6.07) is 7.79. The fourth-order valence-electron chi connectivity index (χ4n) is 2.38. The summed E-state index contributed by atoms with van der Waals surface area (Å²) in [4.78, 5) is 12.2. The van der Waals surface area contributed by atoms with Crippen molar-refractivity contribution in [3.05, 3.63) is 63.5 Å². The molecule has 1 N–H and O–H groups in total. The average molecular weight is 418 g/mol. The van der Waals surface area contributed by atoms with Gasteiger partial charge in [-0.1, -0.05) is 41.4 Å². The number of carbonyl (C=O) groups excluding carboxylic acids is 1. The van der Waals surface area contributed by atoms with Gasteiger partial charge >= 0.3 is 6.18 Å². The Morgan fingerprint density at radius 3 is 2.52 bits per heavy atom. The third-order valence-electron chi connectivity index (χ3n) is 3.64. The lowest BCUT2D eigenvalue weighted by molar-refractivity contribution is -0.143. The molecular formula is C16H12Cl2F3N5O. The number of alkyl halides is 3. The van der Waals surface area contributed by atoms with Crippen LogP contribution in [0.15, 0.2) is 36.5 Å². The lowest BCUT2D eigenvalue weighted by Gasteiger charge is -2.04. The monoisotopic (exact) mass is 417 g/mol. The van der Waals surface area contributed by atoms with Gasteiger partial charge in [-0.05, 0) is 11.6 Å². The highest BCUT2D eigenvalue weighted by Gasteiger charge is 2.35. The number of hydrogen-bond acceptors (Lipinski definition) is 3. The Labute approximate surface area is 161 Å². The molecule has 0 aliphatic carbocycles. The van der Waals surface area contributed by atoms with Crippen molar-refractivity contribution in [2.75, 3.05) is 5.32 Å². The standard InChI is InChI=1S/C16H12Cl2F3N5O/c1-25-13(16(19,20)21)6-12(23-25)15(27)22-14-11(18)8-26(24-14)7-9-4-2-3-5-10(9)17/h2-6,8H,7H2,1H3,(H,22,24,27). The molecule has 0 fully saturated rings. The van der Waals surface area contributed by atoms with E-state index in [9.17, 15) is 18.0 Å². The van der Waals surface area contributed by atoms with Gasteiger partial charge in [0.1, 0.15) is 10.7 Å². The predicted molar refractivity (Wildman–Crippen MR) is 94.0 cm³/mol. The van der Waals surface area contributed by atoms with Crippen molar-refractivity contribution in [2.24, 2.45) is 7.05 Å². The highest BCUT2D eigenvalue weighted by Crippen LogP contribution is 2.29. The summed E-state index contributed by atoms with van der Waals surface area (Å²) in [5, 5.41) is 10.7. The van der Waals surface area contributed by atoms with Crippen LogP contribution in [-0.2, 0) is 19.8 Å².